The van der Waals surface area contributed by atoms with Crippen LogP contribution in [-0.2, 0) is 4.74 Å². The maximum atomic E-state index is 12.4. The molecule has 0 bridgehead atoms. The Labute approximate surface area is 173 Å². The predicted octanol–water partition coefficient (Wildman–Crippen LogP) is 3.60. The summed E-state index contributed by atoms with van der Waals surface area (Å²) >= 11 is 0. The summed E-state index contributed by atoms with van der Waals surface area (Å²) in [5, 5.41) is 2.74. The standard InChI is InChI=1S/C24H24NO3Si/c1-27-18-13-14-22-21(17-18)23(15-16-25(22)24(26)28-2)29(19-9-5-3-6-10-19)20-11-7-4-8-12-20/h3-14,17,23H,15-16H2,1-2H3/t23-/m1/s1. The number of carbonyl (C=O) groups is 1. The third-order valence-electron chi connectivity index (χ3n) is 5.46. The van der Waals surface area contributed by atoms with Crippen molar-refractivity contribution < 1.29 is 14.3 Å². The van der Waals surface area contributed by atoms with Crippen LogP contribution in [0.15, 0.2) is 78.9 Å². The van der Waals surface area contributed by atoms with E-state index < -0.39 is 8.80 Å². The molecule has 147 valence electrons. The third kappa shape index (κ3) is 3.78. The first-order valence-electron chi connectivity index (χ1n) is 9.74. The Morgan fingerprint density at radius 3 is 2.10 bits per heavy atom. The monoisotopic (exact) mass is 402 g/mol. The summed E-state index contributed by atoms with van der Waals surface area (Å²) in [6, 6.07) is 27.5. The topological polar surface area (TPSA) is 38.8 Å². The van der Waals surface area contributed by atoms with Gasteiger partial charge in [-0.1, -0.05) is 71.0 Å². The van der Waals surface area contributed by atoms with Crippen molar-refractivity contribution in [3.8, 4) is 5.75 Å². The highest BCUT2D eigenvalue weighted by atomic mass is 28.3. The molecular formula is C24H24NO3Si. The summed E-state index contributed by atoms with van der Waals surface area (Å²) in [7, 11) is 1.98. The lowest BCUT2D eigenvalue weighted by Crippen LogP contribution is -2.50. The van der Waals surface area contributed by atoms with Crippen LogP contribution in [0, 0.1) is 0 Å². The van der Waals surface area contributed by atoms with Gasteiger partial charge in [-0.05, 0) is 35.7 Å². The zero-order valence-electron chi connectivity index (χ0n) is 16.7. The van der Waals surface area contributed by atoms with E-state index in [9.17, 15) is 4.79 Å². The van der Waals surface area contributed by atoms with Crippen LogP contribution in [0.2, 0.25) is 0 Å². The van der Waals surface area contributed by atoms with E-state index in [1.165, 1.54) is 17.5 Å². The number of amides is 1. The average molecular weight is 403 g/mol. The van der Waals surface area contributed by atoms with Gasteiger partial charge in [-0.3, -0.25) is 4.90 Å². The van der Waals surface area contributed by atoms with E-state index in [-0.39, 0.29) is 6.09 Å². The highest BCUT2D eigenvalue weighted by Gasteiger charge is 2.36. The molecule has 4 rings (SSSR count). The molecule has 0 fully saturated rings. The second-order valence-electron chi connectivity index (χ2n) is 7.03. The van der Waals surface area contributed by atoms with Crippen molar-refractivity contribution in [3.63, 3.8) is 0 Å². The van der Waals surface area contributed by atoms with Gasteiger partial charge in [0.1, 0.15) is 14.5 Å². The van der Waals surface area contributed by atoms with E-state index in [1.54, 1.807) is 12.0 Å². The van der Waals surface area contributed by atoms with Gasteiger partial charge in [0.2, 0.25) is 0 Å². The number of benzene rings is 3. The van der Waals surface area contributed by atoms with Gasteiger partial charge in [0, 0.05) is 6.54 Å². The highest BCUT2D eigenvalue weighted by Crippen LogP contribution is 2.39. The molecule has 0 spiro atoms. The van der Waals surface area contributed by atoms with Gasteiger partial charge in [0.05, 0.1) is 19.9 Å². The van der Waals surface area contributed by atoms with Crippen LogP contribution in [0.5, 0.6) is 5.75 Å². The Bertz CT molecular complexity index is 938. The summed E-state index contributed by atoms with van der Waals surface area (Å²) in [6.07, 6.45) is 0.566. The molecule has 3 aromatic rings. The predicted molar refractivity (Wildman–Crippen MR) is 118 cm³/mol. The summed E-state index contributed by atoms with van der Waals surface area (Å²) in [5.74, 6) is 0.808. The molecule has 0 aliphatic carbocycles. The van der Waals surface area contributed by atoms with Crippen LogP contribution >= 0.6 is 0 Å². The van der Waals surface area contributed by atoms with Crippen LogP contribution in [0.3, 0.4) is 0 Å². The zero-order valence-corrected chi connectivity index (χ0v) is 17.7. The molecule has 1 amide bonds. The number of hydrogen-bond acceptors (Lipinski definition) is 3. The molecule has 3 aromatic carbocycles. The number of carbonyl (C=O) groups excluding carboxylic acids is 1. The summed E-state index contributed by atoms with van der Waals surface area (Å²) in [6.45, 7) is 0.643. The molecule has 0 N–H and O–H groups in total. The molecule has 1 aliphatic rings. The highest BCUT2D eigenvalue weighted by molar-refractivity contribution is 6.86. The van der Waals surface area contributed by atoms with Crippen LogP contribution in [0.25, 0.3) is 0 Å². The SMILES string of the molecule is COC(=O)N1CC[C@@H]([Si](c2ccccc2)c2ccccc2)c2cc(OC)ccc21. The number of fused-ring (bicyclic) bond motifs is 1. The molecule has 5 heteroatoms. The first-order valence-corrected chi connectivity index (χ1v) is 11.3. The van der Waals surface area contributed by atoms with Gasteiger partial charge in [-0.25, -0.2) is 4.79 Å². The van der Waals surface area contributed by atoms with E-state index in [0.29, 0.717) is 12.1 Å². The number of methoxy groups -OCH3 is 2. The van der Waals surface area contributed by atoms with E-state index in [2.05, 4.69) is 66.7 Å². The van der Waals surface area contributed by atoms with E-state index in [1.807, 2.05) is 12.1 Å². The molecule has 0 unspecified atom stereocenters. The van der Waals surface area contributed by atoms with Crippen molar-refractivity contribution >= 4 is 31.0 Å². The van der Waals surface area contributed by atoms with Crippen molar-refractivity contribution in [2.75, 3.05) is 25.7 Å². The molecule has 29 heavy (non-hydrogen) atoms. The van der Waals surface area contributed by atoms with E-state index >= 15 is 0 Å². The Morgan fingerprint density at radius 1 is 0.931 bits per heavy atom. The van der Waals surface area contributed by atoms with E-state index in [4.69, 9.17) is 9.47 Å². The molecular weight excluding hydrogens is 378 g/mol. The van der Waals surface area contributed by atoms with Crippen LogP contribution < -0.4 is 20.0 Å². The Kier molecular flexibility index (Phi) is 5.67. The smallest absolute Gasteiger partial charge is 0.414 e. The molecule has 1 radical (unpaired) electrons. The average Bonchev–Trinajstić information content (AvgIpc) is 2.80. The van der Waals surface area contributed by atoms with Crippen LogP contribution in [0.1, 0.15) is 17.5 Å². The first-order chi connectivity index (χ1) is 14.2. The lowest BCUT2D eigenvalue weighted by Gasteiger charge is -2.37. The minimum atomic E-state index is -1.13. The second-order valence-corrected chi connectivity index (χ2v) is 9.71. The summed E-state index contributed by atoms with van der Waals surface area (Å²) < 4.78 is 10.6. The fourth-order valence-electron chi connectivity index (χ4n) is 4.12. The normalized spacial score (nSPS) is 15.7. The van der Waals surface area contributed by atoms with Gasteiger partial charge in [0.25, 0.3) is 0 Å². The van der Waals surface area contributed by atoms with Gasteiger partial charge in [-0.15, -0.1) is 0 Å². The minimum absolute atomic E-state index is 0.316. The Morgan fingerprint density at radius 2 is 1.55 bits per heavy atom. The lowest BCUT2D eigenvalue weighted by molar-refractivity contribution is 0.178. The number of nitrogens with zero attached hydrogens (tertiary/aromatic N) is 1. The lowest BCUT2D eigenvalue weighted by atomic mass is 10.0. The first kappa shape index (κ1) is 19.3. The van der Waals surface area contributed by atoms with Gasteiger partial charge < -0.3 is 9.47 Å². The Hall–Kier alpha value is -3.05. The quantitative estimate of drug-likeness (QED) is 0.626. The molecule has 0 saturated heterocycles. The van der Waals surface area contributed by atoms with Gasteiger partial charge >= 0.3 is 6.09 Å². The molecule has 4 nitrogen and oxygen atoms in total. The fraction of sp³-hybridized carbons (Fsp3) is 0.208. The van der Waals surface area contributed by atoms with Gasteiger partial charge in [0.15, 0.2) is 0 Å². The molecule has 0 aromatic heterocycles. The minimum Gasteiger partial charge on any atom is -0.497 e. The molecule has 1 atom stereocenters. The maximum absolute atomic E-state index is 12.4. The fourth-order valence-corrected chi connectivity index (χ4v) is 7.32. The van der Waals surface area contributed by atoms with E-state index in [0.717, 1.165) is 23.4 Å². The summed E-state index contributed by atoms with van der Waals surface area (Å²) in [5.41, 5.74) is 2.39. The van der Waals surface area contributed by atoms with Crippen molar-refractivity contribution in [2.24, 2.45) is 0 Å². The van der Waals surface area contributed by atoms with Crippen LogP contribution in [0.4, 0.5) is 10.5 Å². The van der Waals surface area contributed by atoms with Crippen molar-refractivity contribution in [1.29, 1.82) is 0 Å². The Balaban J connectivity index is 1.86. The van der Waals surface area contributed by atoms with Crippen molar-refractivity contribution in [2.45, 2.75) is 12.0 Å². The largest absolute Gasteiger partial charge is 0.497 e. The van der Waals surface area contributed by atoms with Crippen molar-refractivity contribution in [1.82, 2.24) is 0 Å². The van der Waals surface area contributed by atoms with Crippen molar-refractivity contribution in [3.05, 3.63) is 84.4 Å². The molecule has 1 heterocycles. The number of ether oxygens (including phenoxy) is 2. The maximum Gasteiger partial charge on any atom is 0.414 e. The zero-order chi connectivity index (χ0) is 20.2. The number of anilines is 1. The molecule has 0 saturated carbocycles. The third-order valence-corrected chi connectivity index (χ3v) is 8.66. The molecule has 1 aliphatic heterocycles. The number of hydrogen-bond donors (Lipinski definition) is 0. The number of rotatable bonds is 4. The second kappa shape index (κ2) is 8.53. The van der Waals surface area contributed by atoms with Crippen LogP contribution in [-0.4, -0.2) is 35.7 Å². The van der Waals surface area contributed by atoms with Gasteiger partial charge in [-0.2, -0.15) is 0 Å². The summed E-state index contributed by atoms with van der Waals surface area (Å²) in [4.78, 5) is 14.1.